The van der Waals surface area contributed by atoms with E-state index in [0.717, 1.165) is 21.9 Å². The minimum Gasteiger partial charge on any atom is -0.477 e. The van der Waals surface area contributed by atoms with Gasteiger partial charge in [-0.2, -0.15) is 0 Å². The first kappa shape index (κ1) is 24.8. The Morgan fingerprint density at radius 2 is 1.78 bits per heavy atom. The number of hydrogen-bond acceptors (Lipinski definition) is 6. The van der Waals surface area contributed by atoms with Crippen molar-refractivity contribution in [1.29, 1.82) is 0 Å². The number of hydrogen-bond donors (Lipinski definition) is 1. The number of thiophene rings is 1. The molecule has 0 saturated heterocycles. The lowest BCUT2D eigenvalue weighted by molar-refractivity contribution is -0.127. The zero-order valence-electron chi connectivity index (χ0n) is 20.2. The molecule has 1 aliphatic heterocycles. The van der Waals surface area contributed by atoms with Crippen LogP contribution in [0.5, 0.6) is 5.75 Å². The number of amides is 2. The predicted molar refractivity (Wildman–Crippen MR) is 146 cm³/mol. The van der Waals surface area contributed by atoms with E-state index >= 15 is 0 Å². The summed E-state index contributed by atoms with van der Waals surface area (Å²) in [6.07, 6.45) is 0.272. The molecule has 190 valence electrons. The molecule has 10 heteroatoms. The second kappa shape index (κ2) is 9.87. The number of nitrogens with one attached hydrogen (secondary N) is 1. The number of anilines is 2. The summed E-state index contributed by atoms with van der Waals surface area (Å²) in [4.78, 5) is 28.7. The number of carbonyl (C=O) groups excluding carboxylic acids is 2. The fourth-order valence-corrected chi connectivity index (χ4v) is 5.61. The molecule has 0 fully saturated rings. The number of para-hydroxylation sites is 2. The highest BCUT2D eigenvalue weighted by molar-refractivity contribution is 7.92. The maximum Gasteiger partial charge on any atom is 0.268 e. The van der Waals surface area contributed by atoms with Gasteiger partial charge in [-0.1, -0.05) is 42.5 Å². The van der Waals surface area contributed by atoms with Crippen molar-refractivity contribution >= 4 is 54.6 Å². The fourth-order valence-electron chi connectivity index (χ4n) is 4.12. The van der Waals surface area contributed by atoms with Crippen LogP contribution in [0.3, 0.4) is 0 Å². The Kier molecular flexibility index (Phi) is 6.61. The lowest BCUT2D eigenvalue weighted by Gasteiger charge is -2.34. The van der Waals surface area contributed by atoms with E-state index in [1.807, 2.05) is 36.4 Å². The SMILES string of the molecule is CN(c1ccc2sc(C(=O)N3C[C@@H](C(=O)NCc4ccccc4)Oc4ccccc43)cc2c1)S(C)(=O)=O. The summed E-state index contributed by atoms with van der Waals surface area (Å²) >= 11 is 1.32. The van der Waals surface area contributed by atoms with Crippen molar-refractivity contribution in [2.24, 2.45) is 0 Å². The van der Waals surface area contributed by atoms with Crippen LogP contribution in [0.1, 0.15) is 15.2 Å². The lowest BCUT2D eigenvalue weighted by Crippen LogP contribution is -2.50. The van der Waals surface area contributed by atoms with Gasteiger partial charge in [0, 0.05) is 18.3 Å². The predicted octanol–water partition coefficient (Wildman–Crippen LogP) is 4.02. The molecule has 1 aliphatic rings. The fraction of sp³-hybridized carbons (Fsp3) is 0.185. The molecule has 4 aromatic rings. The van der Waals surface area contributed by atoms with Crippen LogP contribution in [0.2, 0.25) is 0 Å². The van der Waals surface area contributed by atoms with Crippen molar-refractivity contribution in [2.75, 3.05) is 29.1 Å². The average Bonchev–Trinajstić information content (AvgIpc) is 3.34. The van der Waals surface area contributed by atoms with E-state index in [1.54, 1.807) is 47.4 Å². The highest BCUT2D eigenvalue weighted by Gasteiger charge is 2.34. The summed E-state index contributed by atoms with van der Waals surface area (Å²) in [7, 11) is -1.92. The molecule has 2 amide bonds. The highest BCUT2D eigenvalue weighted by Crippen LogP contribution is 2.36. The van der Waals surface area contributed by atoms with Crippen molar-refractivity contribution in [1.82, 2.24) is 5.32 Å². The third kappa shape index (κ3) is 5.16. The summed E-state index contributed by atoms with van der Waals surface area (Å²) in [5.41, 5.74) is 2.07. The number of carbonyl (C=O) groups is 2. The zero-order valence-corrected chi connectivity index (χ0v) is 21.9. The van der Waals surface area contributed by atoms with Crippen molar-refractivity contribution in [3.05, 3.63) is 89.3 Å². The number of nitrogens with zero attached hydrogens (tertiary/aromatic N) is 2. The maximum atomic E-state index is 13.7. The third-order valence-corrected chi connectivity index (χ3v) is 8.50. The van der Waals surface area contributed by atoms with Gasteiger partial charge in [0.1, 0.15) is 5.75 Å². The van der Waals surface area contributed by atoms with Crippen LogP contribution in [0.15, 0.2) is 78.9 Å². The zero-order chi connectivity index (χ0) is 26.2. The first-order valence-corrected chi connectivity index (χ1v) is 14.2. The van der Waals surface area contributed by atoms with E-state index in [9.17, 15) is 18.0 Å². The van der Waals surface area contributed by atoms with Crippen LogP contribution in [-0.2, 0) is 21.4 Å². The second-order valence-corrected chi connectivity index (χ2v) is 11.9. The van der Waals surface area contributed by atoms with Gasteiger partial charge in [-0.15, -0.1) is 11.3 Å². The third-order valence-electron chi connectivity index (χ3n) is 6.19. The number of benzene rings is 3. The Labute approximate surface area is 219 Å². The van der Waals surface area contributed by atoms with Crippen molar-refractivity contribution in [3.8, 4) is 5.75 Å². The quantitative estimate of drug-likeness (QED) is 0.402. The summed E-state index contributed by atoms with van der Waals surface area (Å²) in [6.45, 7) is 0.419. The van der Waals surface area contributed by atoms with Gasteiger partial charge in [0.15, 0.2) is 6.10 Å². The number of ether oxygens (including phenoxy) is 1. The van der Waals surface area contributed by atoms with Crippen LogP contribution in [0.25, 0.3) is 10.1 Å². The summed E-state index contributed by atoms with van der Waals surface area (Å²) in [5, 5.41) is 3.66. The van der Waals surface area contributed by atoms with Gasteiger partial charge in [-0.25, -0.2) is 8.42 Å². The minimum absolute atomic E-state index is 0.0623. The molecule has 1 N–H and O–H groups in total. The lowest BCUT2D eigenvalue weighted by atomic mass is 10.1. The number of rotatable bonds is 6. The minimum atomic E-state index is -3.41. The molecular weight excluding hydrogens is 510 g/mol. The summed E-state index contributed by atoms with van der Waals surface area (Å²) < 4.78 is 31.9. The Balaban J connectivity index is 1.40. The molecule has 0 unspecified atom stereocenters. The van der Waals surface area contributed by atoms with Crippen LogP contribution >= 0.6 is 11.3 Å². The summed E-state index contributed by atoms with van der Waals surface area (Å²) in [5.74, 6) is -0.100. The normalized spacial score (nSPS) is 15.1. The molecule has 5 rings (SSSR count). The Bertz CT molecular complexity index is 1580. The maximum absolute atomic E-state index is 13.7. The molecule has 1 aromatic heterocycles. The van der Waals surface area contributed by atoms with E-state index < -0.39 is 16.1 Å². The molecule has 0 radical (unpaired) electrons. The first-order valence-electron chi connectivity index (χ1n) is 11.6. The molecule has 0 saturated carbocycles. The van der Waals surface area contributed by atoms with Gasteiger partial charge >= 0.3 is 0 Å². The van der Waals surface area contributed by atoms with Crippen molar-refractivity contribution in [2.45, 2.75) is 12.6 Å². The van der Waals surface area contributed by atoms with Crippen molar-refractivity contribution < 1.29 is 22.7 Å². The van der Waals surface area contributed by atoms with Gasteiger partial charge in [0.25, 0.3) is 11.8 Å². The molecule has 8 nitrogen and oxygen atoms in total. The Hall–Kier alpha value is -3.89. The van der Waals surface area contributed by atoms with E-state index in [-0.39, 0.29) is 18.4 Å². The van der Waals surface area contributed by atoms with E-state index in [4.69, 9.17) is 4.74 Å². The number of fused-ring (bicyclic) bond motifs is 2. The van der Waals surface area contributed by atoms with Gasteiger partial charge in [-0.3, -0.25) is 18.8 Å². The monoisotopic (exact) mass is 535 g/mol. The molecule has 1 atom stereocenters. The van der Waals surface area contributed by atoms with E-state index in [2.05, 4.69) is 5.32 Å². The molecule has 37 heavy (non-hydrogen) atoms. The van der Waals surface area contributed by atoms with Gasteiger partial charge in [-0.05, 0) is 47.3 Å². The first-order chi connectivity index (χ1) is 17.7. The van der Waals surface area contributed by atoms with Crippen LogP contribution in [0.4, 0.5) is 11.4 Å². The molecule has 3 aromatic carbocycles. The molecule has 2 heterocycles. The van der Waals surface area contributed by atoms with Gasteiger partial charge in [0.05, 0.1) is 29.1 Å². The number of sulfonamides is 1. The van der Waals surface area contributed by atoms with Crippen LogP contribution in [-0.4, -0.2) is 46.2 Å². The van der Waals surface area contributed by atoms with Crippen LogP contribution in [0, 0.1) is 0 Å². The standard InChI is InChI=1S/C27H25N3O5S2/c1-29(37(2,33)34)20-12-13-24-19(14-20)15-25(36-24)27(32)30-17-23(35-22-11-7-6-10-21(22)30)26(31)28-16-18-8-4-3-5-9-18/h3-15,23H,16-17H2,1-2H3,(H,28,31)/t23-/m0/s1. The van der Waals surface area contributed by atoms with Gasteiger partial charge < -0.3 is 10.1 Å². The molecule has 0 bridgehead atoms. The largest absolute Gasteiger partial charge is 0.477 e. The molecule has 0 spiro atoms. The molecular formula is C27H25N3O5S2. The summed E-state index contributed by atoms with van der Waals surface area (Å²) in [6, 6.07) is 23.7. The topological polar surface area (TPSA) is 96.0 Å². The van der Waals surface area contributed by atoms with Crippen LogP contribution < -0.4 is 19.3 Å². The average molecular weight is 536 g/mol. The van der Waals surface area contributed by atoms with Gasteiger partial charge in [0.2, 0.25) is 10.0 Å². The highest BCUT2D eigenvalue weighted by atomic mass is 32.2. The Morgan fingerprint density at radius 1 is 1.05 bits per heavy atom. The second-order valence-electron chi connectivity index (χ2n) is 8.76. The smallest absolute Gasteiger partial charge is 0.268 e. The van der Waals surface area contributed by atoms with E-state index in [0.29, 0.717) is 28.5 Å². The van der Waals surface area contributed by atoms with E-state index in [1.165, 1.54) is 22.7 Å². The Morgan fingerprint density at radius 3 is 2.54 bits per heavy atom. The molecule has 0 aliphatic carbocycles. The van der Waals surface area contributed by atoms with Crippen molar-refractivity contribution in [3.63, 3.8) is 0 Å².